The van der Waals surface area contributed by atoms with Gasteiger partial charge in [-0.05, 0) is 44.2 Å². The van der Waals surface area contributed by atoms with Gasteiger partial charge in [-0.25, -0.2) is 0 Å². The molecule has 2 N–H and O–H groups in total. The highest BCUT2D eigenvalue weighted by Gasteiger charge is 2.17. The molecule has 124 valence electrons. The number of fused-ring (bicyclic) bond motifs is 1. The van der Waals surface area contributed by atoms with E-state index >= 15 is 0 Å². The molecule has 0 aliphatic rings. The van der Waals surface area contributed by atoms with Gasteiger partial charge in [0.15, 0.2) is 0 Å². The number of amides is 1. The summed E-state index contributed by atoms with van der Waals surface area (Å²) >= 11 is 0. The Labute approximate surface area is 137 Å². The Morgan fingerprint density at radius 2 is 2.00 bits per heavy atom. The number of rotatable bonds is 6. The fourth-order valence-corrected chi connectivity index (χ4v) is 3.02. The molecule has 1 aromatic heterocycles. The number of aliphatic hydroxyl groups is 1. The van der Waals surface area contributed by atoms with E-state index < -0.39 is 0 Å². The maximum Gasteiger partial charge on any atom is 0.252 e. The van der Waals surface area contributed by atoms with Gasteiger partial charge in [-0.15, -0.1) is 0 Å². The molecule has 2 atom stereocenters. The molecule has 1 amide bonds. The SMILES string of the molecule is CCc1nc2ccccc2c(C(=O)NC[C@H](C)C[C@H](C)O)c1C. The largest absolute Gasteiger partial charge is 0.393 e. The van der Waals surface area contributed by atoms with E-state index in [0.29, 0.717) is 13.0 Å². The number of aliphatic hydroxyl groups excluding tert-OH is 1. The normalized spacial score (nSPS) is 13.8. The smallest absolute Gasteiger partial charge is 0.252 e. The van der Waals surface area contributed by atoms with E-state index in [0.717, 1.165) is 34.1 Å². The molecule has 0 fully saturated rings. The van der Waals surface area contributed by atoms with Gasteiger partial charge in [0.2, 0.25) is 0 Å². The Kier molecular flexibility index (Phi) is 5.72. The number of carbonyl (C=O) groups is 1. The molecule has 4 heteroatoms. The molecule has 0 aliphatic carbocycles. The second kappa shape index (κ2) is 7.55. The topological polar surface area (TPSA) is 62.2 Å². The predicted molar refractivity (Wildman–Crippen MR) is 93.7 cm³/mol. The summed E-state index contributed by atoms with van der Waals surface area (Å²) in [5, 5.41) is 13.3. The van der Waals surface area contributed by atoms with Crippen molar-refractivity contribution in [1.29, 1.82) is 0 Å². The predicted octanol–water partition coefficient (Wildman–Crippen LogP) is 3.24. The highest BCUT2D eigenvalue weighted by molar-refractivity contribution is 6.07. The van der Waals surface area contributed by atoms with Crippen molar-refractivity contribution in [3.8, 4) is 0 Å². The molecule has 0 unspecified atom stereocenters. The van der Waals surface area contributed by atoms with E-state index in [1.165, 1.54) is 0 Å². The zero-order valence-electron chi connectivity index (χ0n) is 14.4. The summed E-state index contributed by atoms with van der Waals surface area (Å²) in [5.74, 6) is 0.172. The Morgan fingerprint density at radius 3 is 2.65 bits per heavy atom. The van der Waals surface area contributed by atoms with E-state index in [-0.39, 0.29) is 17.9 Å². The van der Waals surface area contributed by atoms with Crippen LogP contribution in [0.25, 0.3) is 10.9 Å². The second-order valence-corrected chi connectivity index (χ2v) is 6.33. The maximum atomic E-state index is 12.7. The van der Waals surface area contributed by atoms with Crippen molar-refractivity contribution in [2.45, 2.75) is 46.6 Å². The summed E-state index contributed by atoms with van der Waals surface area (Å²) in [4.78, 5) is 17.4. The zero-order chi connectivity index (χ0) is 17.0. The minimum atomic E-state index is -0.350. The van der Waals surface area contributed by atoms with Gasteiger partial charge in [-0.3, -0.25) is 9.78 Å². The number of hydrogen-bond acceptors (Lipinski definition) is 3. The first-order chi connectivity index (χ1) is 10.9. The molecule has 0 saturated carbocycles. The van der Waals surface area contributed by atoms with Crippen LogP contribution in [0.2, 0.25) is 0 Å². The number of nitrogens with zero attached hydrogens (tertiary/aromatic N) is 1. The molecule has 1 heterocycles. The quantitative estimate of drug-likeness (QED) is 0.860. The number of benzene rings is 1. The summed E-state index contributed by atoms with van der Waals surface area (Å²) in [6.07, 6.45) is 1.13. The number of aromatic nitrogens is 1. The van der Waals surface area contributed by atoms with E-state index in [2.05, 4.69) is 17.2 Å². The zero-order valence-corrected chi connectivity index (χ0v) is 14.4. The van der Waals surface area contributed by atoms with Gasteiger partial charge in [0.1, 0.15) is 0 Å². The first-order valence-corrected chi connectivity index (χ1v) is 8.28. The lowest BCUT2D eigenvalue weighted by molar-refractivity contribution is 0.0940. The summed E-state index contributed by atoms with van der Waals surface area (Å²) in [5.41, 5.74) is 3.49. The van der Waals surface area contributed by atoms with Crippen LogP contribution >= 0.6 is 0 Å². The van der Waals surface area contributed by atoms with Gasteiger partial charge in [0.25, 0.3) is 5.91 Å². The minimum absolute atomic E-state index is 0.0618. The van der Waals surface area contributed by atoms with Crippen LogP contribution in [0.15, 0.2) is 24.3 Å². The number of pyridine rings is 1. The summed E-state index contributed by atoms with van der Waals surface area (Å²) in [6, 6.07) is 7.77. The van der Waals surface area contributed by atoms with E-state index in [1.807, 2.05) is 38.1 Å². The van der Waals surface area contributed by atoms with Crippen LogP contribution in [-0.4, -0.2) is 28.6 Å². The number of carbonyl (C=O) groups excluding carboxylic acids is 1. The Morgan fingerprint density at radius 1 is 1.30 bits per heavy atom. The lowest BCUT2D eigenvalue weighted by atomic mass is 9.99. The molecule has 1 aromatic carbocycles. The lowest BCUT2D eigenvalue weighted by Crippen LogP contribution is -2.30. The Hall–Kier alpha value is -1.94. The van der Waals surface area contributed by atoms with Crippen LogP contribution in [-0.2, 0) is 6.42 Å². The average Bonchev–Trinajstić information content (AvgIpc) is 2.51. The van der Waals surface area contributed by atoms with Crippen molar-refractivity contribution < 1.29 is 9.90 Å². The second-order valence-electron chi connectivity index (χ2n) is 6.33. The summed E-state index contributed by atoms with van der Waals surface area (Å²) < 4.78 is 0. The lowest BCUT2D eigenvalue weighted by Gasteiger charge is -2.17. The number of nitrogens with one attached hydrogen (secondary N) is 1. The third kappa shape index (κ3) is 4.08. The molecule has 0 radical (unpaired) electrons. The van der Waals surface area contributed by atoms with Gasteiger partial charge >= 0.3 is 0 Å². The molecule has 2 rings (SSSR count). The summed E-state index contributed by atoms with van der Waals surface area (Å²) in [6.45, 7) is 8.37. The average molecular weight is 314 g/mol. The van der Waals surface area contributed by atoms with Crippen molar-refractivity contribution >= 4 is 16.8 Å². The van der Waals surface area contributed by atoms with Gasteiger partial charge in [-0.1, -0.05) is 32.0 Å². The summed E-state index contributed by atoms with van der Waals surface area (Å²) in [7, 11) is 0. The molecule has 4 nitrogen and oxygen atoms in total. The molecule has 2 aromatic rings. The highest BCUT2D eigenvalue weighted by atomic mass is 16.3. The van der Waals surface area contributed by atoms with Crippen LogP contribution in [0.3, 0.4) is 0 Å². The van der Waals surface area contributed by atoms with E-state index in [1.54, 1.807) is 6.92 Å². The number of aryl methyl sites for hydroxylation is 1. The van der Waals surface area contributed by atoms with Gasteiger partial charge in [0, 0.05) is 17.6 Å². The highest BCUT2D eigenvalue weighted by Crippen LogP contribution is 2.23. The molecule has 23 heavy (non-hydrogen) atoms. The van der Waals surface area contributed by atoms with Crippen LogP contribution in [0, 0.1) is 12.8 Å². The van der Waals surface area contributed by atoms with Gasteiger partial charge in [0.05, 0.1) is 17.2 Å². The van der Waals surface area contributed by atoms with Crippen molar-refractivity contribution in [3.05, 3.63) is 41.1 Å². The van der Waals surface area contributed by atoms with Crippen LogP contribution in [0.1, 0.15) is 48.8 Å². The van der Waals surface area contributed by atoms with Crippen molar-refractivity contribution in [1.82, 2.24) is 10.3 Å². The van der Waals surface area contributed by atoms with Crippen molar-refractivity contribution in [2.75, 3.05) is 6.54 Å². The first kappa shape index (κ1) is 17.4. The standard InChI is InChI=1S/C19H26N2O2/c1-5-16-14(4)18(15-8-6-7-9-17(15)21-16)19(23)20-11-12(2)10-13(3)22/h6-9,12-13,22H,5,10-11H2,1-4H3,(H,20,23)/t12-,13+/m1/s1. The van der Waals surface area contributed by atoms with Gasteiger partial charge < -0.3 is 10.4 Å². The monoisotopic (exact) mass is 314 g/mol. The third-order valence-corrected chi connectivity index (χ3v) is 4.15. The number of hydrogen-bond donors (Lipinski definition) is 2. The van der Waals surface area contributed by atoms with Crippen molar-refractivity contribution in [3.63, 3.8) is 0 Å². The maximum absolute atomic E-state index is 12.7. The van der Waals surface area contributed by atoms with Crippen molar-refractivity contribution in [2.24, 2.45) is 5.92 Å². The van der Waals surface area contributed by atoms with E-state index in [4.69, 9.17) is 0 Å². The fourth-order valence-electron chi connectivity index (χ4n) is 3.02. The van der Waals surface area contributed by atoms with Gasteiger partial charge in [-0.2, -0.15) is 0 Å². The van der Waals surface area contributed by atoms with Crippen LogP contribution in [0.5, 0.6) is 0 Å². The van der Waals surface area contributed by atoms with Crippen LogP contribution < -0.4 is 5.32 Å². The first-order valence-electron chi connectivity index (χ1n) is 8.28. The Balaban J connectivity index is 2.30. The Bertz CT molecular complexity index is 695. The molecular weight excluding hydrogens is 288 g/mol. The molecule has 0 saturated heterocycles. The van der Waals surface area contributed by atoms with Crippen LogP contribution in [0.4, 0.5) is 0 Å². The molecule has 0 aliphatic heterocycles. The minimum Gasteiger partial charge on any atom is -0.393 e. The molecule has 0 spiro atoms. The van der Waals surface area contributed by atoms with E-state index in [9.17, 15) is 9.90 Å². The third-order valence-electron chi connectivity index (χ3n) is 4.15. The molecule has 0 bridgehead atoms. The number of para-hydroxylation sites is 1. The fraction of sp³-hybridized carbons (Fsp3) is 0.474. The molecular formula is C19H26N2O2.